The lowest BCUT2D eigenvalue weighted by molar-refractivity contribution is -0.113. The van der Waals surface area contributed by atoms with Crippen molar-refractivity contribution in [3.63, 3.8) is 0 Å². The van der Waals surface area contributed by atoms with Crippen LogP contribution in [0.25, 0.3) is 11.6 Å². The summed E-state index contributed by atoms with van der Waals surface area (Å²) in [5.41, 5.74) is 0.497. The number of furan rings is 1. The van der Waals surface area contributed by atoms with Crippen LogP contribution < -0.4 is 10.1 Å². The Labute approximate surface area is 182 Å². The molecule has 0 aliphatic heterocycles. The summed E-state index contributed by atoms with van der Waals surface area (Å²) >= 11 is 1.31. The largest absolute Gasteiger partial charge is 0.461 e. The molecule has 0 spiro atoms. The van der Waals surface area contributed by atoms with Crippen LogP contribution in [0.1, 0.15) is 38.1 Å². The smallest absolute Gasteiger partial charge is 0.387 e. The standard InChI is InChI=1S/C21H22F2N4O3S/c22-20(23)30-16-10-8-14(9-11-16)24-18(28)13-31-21-26-25-19(17-7-4-12-29-17)27(21)15-5-2-1-3-6-15/h4,7-12,15,20H,1-3,5-6,13H2,(H,24,28). The molecule has 10 heteroatoms. The first-order valence-corrected chi connectivity index (χ1v) is 11.0. The molecule has 1 aliphatic rings. The number of carbonyl (C=O) groups excluding carboxylic acids is 1. The molecule has 1 aliphatic carbocycles. The van der Waals surface area contributed by atoms with Crippen LogP contribution in [0.2, 0.25) is 0 Å². The highest BCUT2D eigenvalue weighted by Crippen LogP contribution is 2.35. The van der Waals surface area contributed by atoms with E-state index in [9.17, 15) is 13.6 Å². The second-order valence-electron chi connectivity index (χ2n) is 7.19. The second-order valence-corrected chi connectivity index (χ2v) is 8.13. The Kier molecular flexibility index (Phi) is 6.86. The highest BCUT2D eigenvalue weighted by atomic mass is 32.2. The van der Waals surface area contributed by atoms with Gasteiger partial charge in [0.2, 0.25) is 11.7 Å². The molecule has 0 radical (unpaired) electrons. The predicted octanol–water partition coefficient (Wildman–Crippen LogP) is 5.38. The molecular formula is C21H22F2N4O3S. The normalized spacial score (nSPS) is 14.7. The predicted molar refractivity (Wildman–Crippen MR) is 112 cm³/mol. The first kappa shape index (κ1) is 21.4. The number of nitrogens with zero attached hydrogens (tertiary/aromatic N) is 3. The molecule has 1 N–H and O–H groups in total. The van der Waals surface area contributed by atoms with Gasteiger partial charge in [-0.05, 0) is 49.2 Å². The van der Waals surface area contributed by atoms with Crippen molar-refractivity contribution in [3.05, 3.63) is 42.7 Å². The number of halogens is 2. The summed E-state index contributed by atoms with van der Waals surface area (Å²) in [5, 5.41) is 12.1. The minimum atomic E-state index is -2.88. The van der Waals surface area contributed by atoms with Gasteiger partial charge in [0.25, 0.3) is 0 Å². The van der Waals surface area contributed by atoms with Crippen molar-refractivity contribution in [1.82, 2.24) is 14.8 Å². The van der Waals surface area contributed by atoms with E-state index < -0.39 is 6.61 Å². The van der Waals surface area contributed by atoms with Crippen LogP contribution in [0, 0.1) is 0 Å². The number of thioether (sulfide) groups is 1. The number of amides is 1. The summed E-state index contributed by atoms with van der Waals surface area (Å²) < 4.78 is 36.4. The molecule has 0 unspecified atom stereocenters. The monoisotopic (exact) mass is 448 g/mol. The Morgan fingerprint density at radius 2 is 1.97 bits per heavy atom. The number of ether oxygens (including phenoxy) is 1. The van der Waals surface area contributed by atoms with Crippen LogP contribution in [0.4, 0.5) is 14.5 Å². The molecule has 4 rings (SSSR count). The van der Waals surface area contributed by atoms with E-state index in [2.05, 4.69) is 24.8 Å². The molecule has 31 heavy (non-hydrogen) atoms. The number of benzene rings is 1. The Morgan fingerprint density at radius 1 is 1.19 bits per heavy atom. The summed E-state index contributed by atoms with van der Waals surface area (Å²) in [5.74, 6) is 1.27. The lowest BCUT2D eigenvalue weighted by Gasteiger charge is -2.25. The van der Waals surface area contributed by atoms with Crippen molar-refractivity contribution in [2.45, 2.75) is 49.9 Å². The van der Waals surface area contributed by atoms with E-state index in [0.717, 1.165) is 25.7 Å². The number of aromatic nitrogens is 3. The van der Waals surface area contributed by atoms with Crippen molar-refractivity contribution < 1.29 is 22.7 Å². The van der Waals surface area contributed by atoms with Gasteiger partial charge in [-0.2, -0.15) is 8.78 Å². The number of carbonyl (C=O) groups is 1. The maximum absolute atomic E-state index is 12.4. The number of alkyl halides is 2. The molecule has 2 aromatic heterocycles. The summed E-state index contributed by atoms with van der Waals surface area (Å²) in [6.45, 7) is -2.88. The van der Waals surface area contributed by atoms with Crippen LogP contribution in [0.5, 0.6) is 5.75 Å². The summed E-state index contributed by atoms with van der Waals surface area (Å²) in [7, 11) is 0. The van der Waals surface area contributed by atoms with E-state index in [4.69, 9.17) is 4.42 Å². The summed E-state index contributed by atoms with van der Waals surface area (Å²) in [4.78, 5) is 12.4. The second kappa shape index (κ2) is 9.95. The fourth-order valence-corrected chi connectivity index (χ4v) is 4.47. The summed E-state index contributed by atoms with van der Waals surface area (Å²) in [6, 6.07) is 9.73. The first-order valence-electron chi connectivity index (χ1n) is 10.1. The molecule has 1 aromatic carbocycles. The zero-order chi connectivity index (χ0) is 21.6. The van der Waals surface area contributed by atoms with Gasteiger partial charge in [0.1, 0.15) is 5.75 Å². The molecule has 3 aromatic rings. The van der Waals surface area contributed by atoms with Gasteiger partial charge in [0, 0.05) is 11.7 Å². The third-order valence-electron chi connectivity index (χ3n) is 5.04. The maximum Gasteiger partial charge on any atom is 0.387 e. The van der Waals surface area contributed by atoms with Crippen molar-refractivity contribution in [1.29, 1.82) is 0 Å². The lowest BCUT2D eigenvalue weighted by atomic mass is 9.95. The van der Waals surface area contributed by atoms with Gasteiger partial charge in [-0.25, -0.2) is 0 Å². The Bertz CT molecular complexity index is 987. The molecule has 7 nitrogen and oxygen atoms in total. The third-order valence-corrected chi connectivity index (χ3v) is 5.98. The lowest BCUT2D eigenvalue weighted by Crippen LogP contribution is -2.17. The first-order chi connectivity index (χ1) is 15.1. The topological polar surface area (TPSA) is 82.2 Å². The molecule has 1 fully saturated rings. The minimum Gasteiger partial charge on any atom is -0.461 e. The fraction of sp³-hybridized carbons (Fsp3) is 0.381. The van der Waals surface area contributed by atoms with Gasteiger partial charge in [0.05, 0.1) is 12.0 Å². The Balaban J connectivity index is 1.42. The van der Waals surface area contributed by atoms with Gasteiger partial charge in [-0.3, -0.25) is 9.36 Å². The SMILES string of the molecule is O=C(CSc1nnc(-c2ccco2)n1C1CCCCC1)Nc1ccc(OC(F)F)cc1. The minimum absolute atomic E-state index is 0.0356. The molecule has 1 amide bonds. The number of hydrogen-bond acceptors (Lipinski definition) is 6. The molecule has 0 atom stereocenters. The van der Waals surface area contributed by atoms with Crippen molar-refractivity contribution in [2.24, 2.45) is 0 Å². The van der Waals surface area contributed by atoms with Crippen LogP contribution >= 0.6 is 11.8 Å². The van der Waals surface area contributed by atoms with Crippen LogP contribution in [0.15, 0.2) is 52.2 Å². The van der Waals surface area contributed by atoms with Crippen LogP contribution in [-0.2, 0) is 4.79 Å². The summed E-state index contributed by atoms with van der Waals surface area (Å²) in [6.07, 6.45) is 7.21. The average Bonchev–Trinajstić information content (AvgIpc) is 3.43. The van der Waals surface area contributed by atoms with E-state index >= 15 is 0 Å². The Hall–Kier alpha value is -2.88. The van der Waals surface area contributed by atoms with E-state index in [1.54, 1.807) is 6.26 Å². The highest BCUT2D eigenvalue weighted by molar-refractivity contribution is 7.99. The molecule has 2 heterocycles. The van der Waals surface area contributed by atoms with Gasteiger partial charge >= 0.3 is 6.61 Å². The zero-order valence-corrected chi connectivity index (χ0v) is 17.5. The quantitative estimate of drug-likeness (QED) is 0.466. The van der Waals surface area contributed by atoms with Gasteiger partial charge in [0.15, 0.2) is 10.9 Å². The number of nitrogens with one attached hydrogen (secondary N) is 1. The van der Waals surface area contributed by atoms with Gasteiger partial charge in [-0.1, -0.05) is 31.0 Å². The molecule has 164 valence electrons. The fourth-order valence-electron chi connectivity index (χ4n) is 3.66. The number of hydrogen-bond donors (Lipinski definition) is 1. The van der Waals surface area contributed by atoms with Gasteiger partial charge < -0.3 is 14.5 Å². The van der Waals surface area contributed by atoms with Crippen molar-refractivity contribution in [2.75, 3.05) is 11.1 Å². The van der Waals surface area contributed by atoms with E-state index in [0.29, 0.717) is 22.4 Å². The molecule has 0 bridgehead atoms. The number of anilines is 1. The zero-order valence-electron chi connectivity index (χ0n) is 16.7. The van der Waals surface area contributed by atoms with Crippen molar-refractivity contribution in [3.8, 4) is 17.3 Å². The molecule has 1 saturated carbocycles. The molecular weight excluding hydrogens is 426 g/mol. The van der Waals surface area contributed by atoms with Crippen molar-refractivity contribution >= 4 is 23.4 Å². The average molecular weight is 448 g/mol. The van der Waals surface area contributed by atoms with Crippen LogP contribution in [0.3, 0.4) is 0 Å². The Morgan fingerprint density at radius 3 is 2.65 bits per heavy atom. The van der Waals surface area contributed by atoms with E-state index in [1.165, 1.54) is 42.4 Å². The third kappa shape index (κ3) is 5.43. The van der Waals surface area contributed by atoms with E-state index in [1.807, 2.05) is 12.1 Å². The number of rotatable bonds is 8. The van der Waals surface area contributed by atoms with E-state index in [-0.39, 0.29) is 23.5 Å². The molecule has 0 saturated heterocycles. The maximum atomic E-state index is 12.4. The van der Waals surface area contributed by atoms with Crippen LogP contribution in [-0.4, -0.2) is 33.0 Å². The highest BCUT2D eigenvalue weighted by Gasteiger charge is 2.25. The van der Waals surface area contributed by atoms with Gasteiger partial charge in [-0.15, -0.1) is 10.2 Å².